The molecule has 0 saturated heterocycles. The van der Waals surface area contributed by atoms with E-state index in [1.54, 1.807) is 6.07 Å². The van der Waals surface area contributed by atoms with E-state index < -0.39 is 6.10 Å². The summed E-state index contributed by atoms with van der Waals surface area (Å²) in [6, 6.07) is 7.30. The van der Waals surface area contributed by atoms with Gasteiger partial charge in [0, 0.05) is 19.2 Å². The lowest BCUT2D eigenvalue weighted by molar-refractivity contribution is 0.170. The lowest BCUT2D eigenvalue weighted by atomic mass is 10.1. The van der Waals surface area contributed by atoms with Crippen LogP contribution in [0.3, 0.4) is 0 Å². The topological polar surface area (TPSA) is 76.8 Å². The van der Waals surface area contributed by atoms with Crippen molar-refractivity contribution in [3.05, 3.63) is 41.3 Å². The Kier molecular flexibility index (Phi) is 3.58. The van der Waals surface area contributed by atoms with Gasteiger partial charge in [0.05, 0.1) is 11.8 Å². The van der Waals surface area contributed by atoms with E-state index in [0.29, 0.717) is 24.6 Å². The van der Waals surface area contributed by atoms with Gasteiger partial charge in [-0.25, -0.2) is 0 Å². The highest BCUT2D eigenvalue weighted by molar-refractivity contribution is 5.45. The predicted octanol–water partition coefficient (Wildman–Crippen LogP) is 1.53. The monoisotopic (exact) mass is 276 g/mol. The van der Waals surface area contributed by atoms with Crippen molar-refractivity contribution >= 4 is 0 Å². The number of aliphatic hydroxyl groups excluding tert-OH is 1. The van der Waals surface area contributed by atoms with Gasteiger partial charge in [0.25, 0.3) is 0 Å². The number of nitrogens with zero attached hydrogens (tertiary/aromatic N) is 1. The average molecular weight is 276 g/mol. The lowest BCUT2D eigenvalue weighted by Crippen LogP contribution is -2.21. The van der Waals surface area contributed by atoms with E-state index in [9.17, 15) is 5.11 Å². The SMILES string of the molecule is Cc1cc(CNCC(O)c2ccc3c(c2)OCO3)no1. The van der Waals surface area contributed by atoms with Crippen LogP contribution in [0.1, 0.15) is 23.1 Å². The molecule has 106 valence electrons. The fourth-order valence-corrected chi connectivity index (χ4v) is 2.08. The van der Waals surface area contributed by atoms with Crippen LogP contribution in [0.5, 0.6) is 11.5 Å². The Morgan fingerprint density at radius 3 is 2.95 bits per heavy atom. The normalized spacial score (nSPS) is 14.5. The Hall–Kier alpha value is -2.05. The van der Waals surface area contributed by atoms with E-state index in [1.165, 1.54) is 0 Å². The molecule has 20 heavy (non-hydrogen) atoms. The maximum Gasteiger partial charge on any atom is 0.231 e. The maximum absolute atomic E-state index is 10.1. The van der Waals surface area contributed by atoms with Gasteiger partial charge in [-0.1, -0.05) is 11.2 Å². The highest BCUT2D eigenvalue weighted by Gasteiger charge is 2.16. The quantitative estimate of drug-likeness (QED) is 0.862. The Morgan fingerprint density at radius 1 is 1.30 bits per heavy atom. The van der Waals surface area contributed by atoms with Gasteiger partial charge in [0.15, 0.2) is 11.5 Å². The second-order valence-electron chi connectivity index (χ2n) is 4.69. The molecule has 2 aromatic rings. The van der Waals surface area contributed by atoms with E-state index in [-0.39, 0.29) is 6.79 Å². The summed E-state index contributed by atoms with van der Waals surface area (Å²) < 4.78 is 15.5. The molecule has 0 amide bonds. The van der Waals surface area contributed by atoms with Crippen molar-refractivity contribution in [3.63, 3.8) is 0 Å². The van der Waals surface area contributed by atoms with Crippen molar-refractivity contribution in [3.8, 4) is 11.5 Å². The molecule has 6 heteroatoms. The van der Waals surface area contributed by atoms with Crippen LogP contribution in [0.4, 0.5) is 0 Å². The molecule has 1 aromatic heterocycles. The standard InChI is InChI=1S/C14H16N2O4/c1-9-4-11(16-20-9)6-15-7-12(17)10-2-3-13-14(5-10)19-8-18-13/h2-5,12,15,17H,6-8H2,1H3. The first-order valence-electron chi connectivity index (χ1n) is 6.43. The van der Waals surface area contributed by atoms with Crippen LogP contribution in [0.25, 0.3) is 0 Å². The molecule has 0 radical (unpaired) electrons. The summed E-state index contributed by atoms with van der Waals surface area (Å²) in [6.45, 7) is 3.06. The van der Waals surface area contributed by atoms with Crippen molar-refractivity contribution in [2.75, 3.05) is 13.3 Å². The molecule has 0 fully saturated rings. The van der Waals surface area contributed by atoms with Crippen molar-refractivity contribution in [2.45, 2.75) is 19.6 Å². The van der Waals surface area contributed by atoms with Gasteiger partial charge in [-0.2, -0.15) is 0 Å². The number of nitrogens with one attached hydrogen (secondary N) is 1. The molecule has 6 nitrogen and oxygen atoms in total. The molecule has 1 unspecified atom stereocenters. The van der Waals surface area contributed by atoms with E-state index in [1.807, 2.05) is 25.1 Å². The van der Waals surface area contributed by atoms with Crippen LogP contribution >= 0.6 is 0 Å². The van der Waals surface area contributed by atoms with E-state index in [2.05, 4.69) is 10.5 Å². The first kappa shape index (κ1) is 13.0. The summed E-state index contributed by atoms with van der Waals surface area (Å²) in [5, 5.41) is 17.1. The number of hydrogen-bond acceptors (Lipinski definition) is 6. The van der Waals surface area contributed by atoms with Gasteiger partial charge >= 0.3 is 0 Å². The fraction of sp³-hybridized carbons (Fsp3) is 0.357. The highest BCUT2D eigenvalue weighted by atomic mass is 16.7. The molecule has 2 heterocycles. The Labute approximate surface area is 116 Å². The summed E-state index contributed by atoms with van der Waals surface area (Å²) in [5.74, 6) is 2.17. The Morgan fingerprint density at radius 2 is 2.15 bits per heavy atom. The zero-order valence-electron chi connectivity index (χ0n) is 11.1. The van der Waals surface area contributed by atoms with Crippen LogP contribution in [0.15, 0.2) is 28.8 Å². The molecule has 2 N–H and O–H groups in total. The number of hydrogen-bond donors (Lipinski definition) is 2. The summed E-state index contributed by atoms with van der Waals surface area (Å²) >= 11 is 0. The first-order valence-corrected chi connectivity index (χ1v) is 6.43. The second-order valence-corrected chi connectivity index (χ2v) is 4.69. The lowest BCUT2D eigenvalue weighted by Gasteiger charge is -2.12. The summed E-state index contributed by atoms with van der Waals surface area (Å²) in [4.78, 5) is 0. The molecule has 0 spiro atoms. The van der Waals surface area contributed by atoms with E-state index >= 15 is 0 Å². The van der Waals surface area contributed by atoms with Gasteiger partial charge in [0.2, 0.25) is 6.79 Å². The maximum atomic E-state index is 10.1. The molecular weight excluding hydrogens is 260 g/mol. The number of aryl methyl sites for hydroxylation is 1. The van der Waals surface area contributed by atoms with Crippen LogP contribution < -0.4 is 14.8 Å². The third kappa shape index (κ3) is 2.76. The van der Waals surface area contributed by atoms with Crippen LogP contribution in [-0.2, 0) is 6.54 Å². The highest BCUT2D eigenvalue weighted by Crippen LogP contribution is 2.34. The van der Waals surface area contributed by atoms with Gasteiger partial charge < -0.3 is 24.4 Å². The van der Waals surface area contributed by atoms with Crippen LogP contribution in [0, 0.1) is 6.92 Å². The first-order chi connectivity index (χ1) is 9.72. The molecule has 1 atom stereocenters. The molecule has 0 saturated carbocycles. The number of benzene rings is 1. The molecular formula is C14H16N2O4. The number of rotatable bonds is 5. The second kappa shape index (κ2) is 5.52. The van der Waals surface area contributed by atoms with Crippen LogP contribution in [0.2, 0.25) is 0 Å². The van der Waals surface area contributed by atoms with Gasteiger partial charge in [0.1, 0.15) is 5.76 Å². The summed E-state index contributed by atoms with van der Waals surface area (Å²) in [7, 11) is 0. The molecule has 1 aliphatic heterocycles. The number of fused-ring (bicyclic) bond motifs is 1. The summed E-state index contributed by atoms with van der Waals surface area (Å²) in [6.07, 6.45) is -0.613. The zero-order chi connectivity index (χ0) is 13.9. The number of ether oxygens (including phenoxy) is 2. The van der Waals surface area contributed by atoms with Gasteiger partial charge in [-0.05, 0) is 24.6 Å². The van der Waals surface area contributed by atoms with Crippen molar-refractivity contribution in [2.24, 2.45) is 0 Å². The van der Waals surface area contributed by atoms with Crippen molar-refractivity contribution < 1.29 is 19.1 Å². The summed E-state index contributed by atoms with van der Waals surface area (Å²) in [5.41, 5.74) is 1.61. The van der Waals surface area contributed by atoms with E-state index in [0.717, 1.165) is 17.0 Å². The Balaban J connectivity index is 1.55. The molecule has 3 rings (SSSR count). The smallest absolute Gasteiger partial charge is 0.231 e. The van der Waals surface area contributed by atoms with Crippen molar-refractivity contribution in [1.29, 1.82) is 0 Å². The zero-order valence-corrected chi connectivity index (χ0v) is 11.1. The molecule has 0 bridgehead atoms. The number of aromatic nitrogens is 1. The minimum Gasteiger partial charge on any atom is -0.454 e. The third-order valence-corrected chi connectivity index (χ3v) is 3.10. The largest absolute Gasteiger partial charge is 0.454 e. The molecule has 1 aliphatic rings. The van der Waals surface area contributed by atoms with Crippen LogP contribution in [-0.4, -0.2) is 23.6 Å². The minimum absolute atomic E-state index is 0.235. The molecule has 0 aliphatic carbocycles. The number of aliphatic hydroxyl groups is 1. The molecule has 1 aromatic carbocycles. The Bertz CT molecular complexity index is 597. The minimum atomic E-state index is -0.613. The average Bonchev–Trinajstić information content (AvgIpc) is 3.06. The fourth-order valence-electron chi connectivity index (χ4n) is 2.08. The van der Waals surface area contributed by atoms with Gasteiger partial charge in [-0.3, -0.25) is 0 Å². The van der Waals surface area contributed by atoms with Crippen molar-refractivity contribution in [1.82, 2.24) is 10.5 Å². The third-order valence-electron chi connectivity index (χ3n) is 3.10. The predicted molar refractivity (Wildman–Crippen MR) is 70.5 cm³/mol. The van der Waals surface area contributed by atoms with Gasteiger partial charge in [-0.15, -0.1) is 0 Å². The van der Waals surface area contributed by atoms with E-state index in [4.69, 9.17) is 14.0 Å².